The van der Waals surface area contributed by atoms with Crippen molar-refractivity contribution in [2.24, 2.45) is 0 Å². The number of anilines is 1. The molecule has 1 N–H and O–H groups in total. The van der Waals surface area contributed by atoms with Crippen LogP contribution in [0.4, 0.5) is 5.69 Å². The van der Waals surface area contributed by atoms with Crippen molar-refractivity contribution in [1.82, 2.24) is 10.2 Å². The first-order chi connectivity index (χ1) is 15.7. The Labute approximate surface area is 206 Å². The van der Waals surface area contributed by atoms with E-state index in [-0.39, 0.29) is 28.9 Å². The van der Waals surface area contributed by atoms with Crippen LogP contribution < -0.4 is 14.4 Å². The molecule has 0 aliphatic carbocycles. The fraction of sp³-hybridized carbons (Fsp3) is 0.417. The van der Waals surface area contributed by atoms with E-state index >= 15 is 0 Å². The third-order valence-electron chi connectivity index (χ3n) is 4.95. The van der Waals surface area contributed by atoms with Gasteiger partial charge in [0.1, 0.15) is 18.3 Å². The van der Waals surface area contributed by atoms with Gasteiger partial charge >= 0.3 is 0 Å². The van der Waals surface area contributed by atoms with E-state index in [1.165, 1.54) is 24.1 Å². The highest BCUT2D eigenvalue weighted by atomic mass is 35.5. The Morgan fingerprint density at radius 3 is 2.26 bits per heavy atom. The third-order valence-corrected chi connectivity index (χ3v) is 6.31. The van der Waals surface area contributed by atoms with Gasteiger partial charge in [-0.25, -0.2) is 8.42 Å². The van der Waals surface area contributed by atoms with Gasteiger partial charge in [0, 0.05) is 17.1 Å². The number of nitrogens with zero attached hydrogens (tertiary/aromatic N) is 2. The number of hydrogen-bond acceptors (Lipinski definition) is 5. The molecule has 0 spiro atoms. The van der Waals surface area contributed by atoms with Crippen molar-refractivity contribution in [2.75, 3.05) is 24.2 Å². The zero-order valence-electron chi connectivity index (χ0n) is 20.3. The second-order valence-electron chi connectivity index (χ2n) is 9.01. The predicted molar refractivity (Wildman–Crippen MR) is 135 cm³/mol. The van der Waals surface area contributed by atoms with Crippen molar-refractivity contribution in [3.63, 3.8) is 0 Å². The molecule has 0 saturated heterocycles. The molecule has 0 aromatic heterocycles. The summed E-state index contributed by atoms with van der Waals surface area (Å²) in [6, 6.07) is 12.8. The van der Waals surface area contributed by atoms with Gasteiger partial charge in [-0.2, -0.15) is 0 Å². The van der Waals surface area contributed by atoms with Crippen LogP contribution in [0.5, 0.6) is 5.75 Å². The summed E-state index contributed by atoms with van der Waals surface area (Å²) in [6.45, 7) is 6.75. The van der Waals surface area contributed by atoms with E-state index < -0.39 is 34.1 Å². The Morgan fingerprint density at radius 1 is 1.12 bits per heavy atom. The van der Waals surface area contributed by atoms with Crippen LogP contribution in [0.3, 0.4) is 0 Å². The molecule has 10 heteroatoms. The van der Waals surface area contributed by atoms with Gasteiger partial charge < -0.3 is 15.0 Å². The van der Waals surface area contributed by atoms with Gasteiger partial charge in [-0.1, -0.05) is 41.9 Å². The summed E-state index contributed by atoms with van der Waals surface area (Å²) in [5.74, 6) is -0.647. The first kappa shape index (κ1) is 27.5. The normalized spacial score (nSPS) is 12.6. The second kappa shape index (κ2) is 11.1. The van der Waals surface area contributed by atoms with Crippen LogP contribution in [0.1, 0.15) is 33.3 Å². The summed E-state index contributed by atoms with van der Waals surface area (Å²) >= 11 is 6.10. The summed E-state index contributed by atoms with van der Waals surface area (Å²) in [4.78, 5) is 27.8. The van der Waals surface area contributed by atoms with Gasteiger partial charge in [0.2, 0.25) is 21.8 Å². The minimum Gasteiger partial charge on any atom is -0.495 e. The van der Waals surface area contributed by atoms with E-state index in [0.717, 1.165) is 16.1 Å². The molecule has 2 aromatic rings. The summed E-state index contributed by atoms with van der Waals surface area (Å²) in [5, 5.41) is 3.17. The number of halogens is 1. The van der Waals surface area contributed by atoms with Crippen molar-refractivity contribution >= 4 is 39.1 Å². The standard InChI is InChI=1S/C24H32ClN3O5S/c1-17(23(30)26-24(2,3)4)27(15-18-10-8-7-9-11-18)22(29)16-28(34(6,31)32)20-14-19(25)12-13-21(20)33-5/h7-14,17H,15-16H2,1-6H3,(H,26,30). The average molecular weight is 510 g/mol. The molecule has 2 rings (SSSR count). The van der Waals surface area contributed by atoms with Crippen molar-refractivity contribution in [3.05, 3.63) is 59.1 Å². The lowest BCUT2D eigenvalue weighted by Gasteiger charge is -2.33. The van der Waals surface area contributed by atoms with E-state index in [1.54, 1.807) is 13.0 Å². The number of nitrogens with one attached hydrogen (secondary N) is 1. The predicted octanol–water partition coefficient (Wildman–Crippen LogP) is 3.45. The zero-order valence-corrected chi connectivity index (χ0v) is 21.9. The lowest BCUT2D eigenvalue weighted by atomic mass is 10.1. The smallest absolute Gasteiger partial charge is 0.244 e. The van der Waals surface area contributed by atoms with Crippen LogP contribution in [0.25, 0.3) is 0 Å². The molecule has 0 saturated carbocycles. The molecule has 0 radical (unpaired) electrons. The lowest BCUT2D eigenvalue weighted by Crippen LogP contribution is -2.54. The minimum atomic E-state index is -3.90. The molecule has 1 unspecified atom stereocenters. The van der Waals surface area contributed by atoms with Gasteiger partial charge in [0.25, 0.3) is 0 Å². The molecule has 0 aliphatic rings. The van der Waals surface area contributed by atoms with Gasteiger partial charge in [0.15, 0.2) is 0 Å². The van der Waals surface area contributed by atoms with Crippen LogP contribution in [-0.4, -0.2) is 56.6 Å². The van der Waals surface area contributed by atoms with Gasteiger partial charge in [-0.15, -0.1) is 0 Å². The van der Waals surface area contributed by atoms with Crippen LogP contribution >= 0.6 is 11.6 Å². The number of sulfonamides is 1. The second-order valence-corrected chi connectivity index (χ2v) is 11.4. The number of hydrogen-bond donors (Lipinski definition) is 1. The van der Waals surface area contributed by atoms with E-state index in [0.29, 0.717) is 0 Å². The molecule has 2 aromatic carbocycles. The SMILES string of the molecule is COc1ccc(Cl)cc1N(CC(=O)N(Cc1ccccc1)C(C)C(=O)NC(C)(C)C)S(C)(=O)=O. The van der Waals surface area contributed by atoms with Crippen molar-refractivity contribution in [1.29, 1.82) is 0 Å². The van der Waals surface area contributed by atoms with Crippen LogP contribution in [0, 0.1) is 0 Å². The number of rotatable bonds is 9. The Morgan fingerprint density at radius 2 is 1.74 bits per heavy atom. The molecule has 8 nitrogen and oxygen atoms in total. The van der Waals surface area contributed by atoms with Crippen molar-refractivity contribution in [2.45, 2.75) is 45.8 Å². The molecule has 0 aliphatic heterocycles. The average Bonchev–Trinajstić information content (AvgIpc) is 2.74. The molecular formula is C24H32ClN3O5S. The first-order valence-electron chi connectivity index (χ1n) is 10.7. The third kappa shape index (κ3) is 7.63. The number of carbonyl (C=O) groups excluding carboxylic acids is 2. The maximum Gasteiger partial charge on any atom is 0.244 e. The lowest BCUT2D eigenvalue weighted by molar-refractivity contribution is -0.140. The van der Waals surface area contributed by atoms with E-state index in [4.69, 9.17) is 16.3 Å². The number of methoxy groups -OCH3 is 1. The maximum absolute atomic E-state index is 13.5. The summed E-state index contributed by atoms with van der Waals surface area (Å²) in [7, 11) is -2.50. The highest BCUT2D eigenvalue weighted by Crippen LogP contribution is 2.33. The van der Waals surface area contributed by atoms with Gasteiger partial charge in [-0.3, -0.25) is 13.9 Å². The maximum atomic E-state index is 13.5. The minimum absolute atomic E-state index is 0.128. The Hall–Kier alpha value is -2.78. The molecule has 0 heterocycles. The fourth-order valence-electron chi connectivity index (χ4n) is 3.29. The number of ether oxygens (including phenoxy) is 1. The number of amides is 2. The topological polar surface area (TPSA) is 96.0 Å². The first-order valence-corrected chi connectivity index (χ1v) is 12.9. The van der Waals surface area contributed by atoms with Crippen molar-refractivity contribution < 1.29 is 22.7 Å². The van der Waals surface area contributed by atoms with Gasteiger partial charge in [-0.05, 0) is 51.5 Å². The Balaban J connectivity index is 2.45. The zero-order chi connectivity index (χ0) is 25.7. The largest absolute Gasteiger partial charge is 0.495 e. The Kier molecular flexibility index (Phi) is 8.96. The van der Waals surface area contributed by atoms with E-state index in [2.05, 4.69) is 5.32 Å². The fourth-order valence-corrected chi connectivity index (χ4v) is 4.30. The van der Waals surface area contributed by atoms with Crippen LogP contribution in [-0.2, 0) is 26.2 Å². The molecular weight excluding hydrogens is 478 g/mol. The highest BCUT2D eigenvalue weighted by Gasteiger charge is 2.32. The molecule has 34 heavy (non-hydrogen) atoms. The summed E-state index contributed by atoms with van der Waals surface area (Å²) < 4.78 is 31.6. The monoisotopic (exact) mass is 509 g/mol. The molecule has 0 bridgehead atoms. The highest BCUT2D eigenvalue weighted by molar-refractivity contribution is 7.92. The van der Waals surface area contributed by atoms with Gasteiger partial charge in [0.05, 0.1) is 19.1 Å². The van der Waals surface area contributed by atoms with E-state index in [9.17, 15) is 18.0 Å². The summed E-state index contributed by atoms with van der Waals surface area (Å²) in [5.41, 5.74) is 0.439. The molecule has 2 amide bonds. The number of carbonyl (C=O) groups is 2. The van der Waals surface area contributed by atoms with Crippen LogP contribution in [0.15, 0.2) is 48.5 Å². The quantitative estimate of drug-likeness (QED) is 0.558. The molecule has 186 valence electrons. The summed E-state index contributed by atoms with van der Waals surface area (Å²) in [6.07, 6.45) is 0.998. The molecule has 1 atom stereocenters. The number of benzene rings is 2. The Bertz CT molecular complexity index is 1120. The van der Waals surface area contributed by atoms with E-state index in [1.807, 2.05) is 51.1 Å². The molecule has 0 fully saturated rings. The van der Waals surface area contributed by atoms with Crippen LogP contribution in [0.2, 0.25) is 5.02 Å². The van der Waals surface area contributed by atoms with Crippen molar-refractivity contribution in [3.8, 4) is 5.75 Å².